The number of amides is 2. The summed E-state index contributed by atoms with van der Waals surface area (Å²) in [7, 11) is 0. The quantitative estimate of drug-likeness (QED) is 0.588. The number of benzene rings is 2. The van der Waals surface area contributed by atoms with Crippen LogP contribution in [0, 0.1) is 6.92 Å². The number of carbonyl (C=O) groups is 2. The number of likely N-dealkylation sites (N-methyl/N-ethyl adjacent to an activating group) is 1. The van der Waals surface area contributed by atoms with Gasteiger partial charge >= 0.3 is 0 Å². The van der Waals surface area contributed by atoms with Crippen molar-refractivity contribution in [2.24, 2.45) is 0 Å². The van der Waals surface area contributed by atoms with Crippen LogP contribution in [0.25, 0.3) is 20.8 Å². The molecule has 3 heterocycles. The average molecular weight is 435 g/mol. The smallest absolute Gasteiger partial charge is 0.251 e. The molecular weight excluding hydrogens is 408 g/mol. The Kier molecular flexibility index (Phi) is 5.33. The molecule has 1 unspecified atom stereocenters. The first-order valence-corrected chi connectivity index (χ1v) is 11.7. The Balaban J connectivity index is 1.34. The summed E-state index contributed by atoms with van der Waals surface area (Å²) in [5.41, 5.74) is 3.85. The fraction of sp³-hybridized carbons (Fsp3) is 0.375. The molecule has 5 rings (SSSR count). The minimum atomic E-state index is -0.335. The van der Waals surface area contributed by atoms with Gasteiger partial charge in [0.15, 0.2) is 0 Å². The number of anilines is 1. The van der Waals surface area contributed by atoms with E-state index >= 15 is 0 Å². The van der Waals surface area contributed by atoms with Gasteiger partial charge < -0.3 is 4.90 Å². The van der Waals surface area contributed by atoms with Crippen LogP contribution in [0.15, 0.2) is 42.5 Å². The number of hydrogen-bond donors (Lipinski definition) is 0. The highest BCUT2D eigenvalue weighted by Gasteiger charge is 2.43. The zero-order chi connectivity index (χ0) is 21.5. The van der Waals surface area contributed by atoms with E-state index < -0.39 is 0 Å². The SMILES string of the molecule is CCN1CCN(C2CC(=O)N(c3ccc(-c4nc5ccc(C)cc5s4)cc3)C2=O)CC1. The van der Waals surface area contributed by atoms with Crippen LogP contribution in [0.1, 0.15) is 18.9 Å². The minimum absolute atomic E-state index is 0.0989. The molecule has 0 bridgehead atoms. The summed E-state index contributed by atoms with van der Waals surface area (Å²) in [6.45, 7) is 8.83. The maximum atomic E-state index is 13.1. The summed E-state index contributed by atoms with van der Waals surface area (Å²) in [5.74, 6) is -0.214. The highest BCUT2D eigenvalue weighted by Crippen LogP contribution is 2.33. The van der Waals surface area contributed by atoms with Gasteiger partial charge in [0.25, 0.3) is 5.91 Å². The molecule has 3 aromatic rings. The highest BCUT2D eigenvalue weighted by molar-refractivity contribution is 7.21. The molecule has 0 spiro atoms. The summed E-state index contributed by atoms with van der Waals surface area (Å²) >= 11 is 1.66. The molecule has 2 amide bonds. The van der Waals surface area contributed by atoms with Gasteiger partial charge in [-0.25, -0.2) is 9.88 Å². The lowest BCUT2D eigenvalue weighted by Crippen LogP contribution is -2.52. The molecule has 0 saturated carbocycles. The Morgan fingerprint density at radius 3 is 2.48 bits per heavy atom. The number of thiazole rings is 1. The number of rotatable bonds is 4. The molecule has 1 atom stereocenters. The number of carbonyl (C=O) groups excluding carboxylic acids is 2. The van der Waals surface area contributed by atoms with Gasteiger partial charge in [0.1, 0.15) is 5.01 Å². The molecule has 160 valence electrons. The lowest BCUT2D eigenvalue weighted by Gasteiger charge is -2.36. The monoisotopic (exact) mass is 434 g/mol. The van der Waals surface area contributed by atoms with Gasteiger partial charge in [-0.15, -0.1) is 11.3 Å². The Labute approximate surface area is 186 Å². The molecule has 7 heteroatoms. The van der Waals surface area contributed by atoms with Crippen LogP contribution >= 0.6 is 11.3 Å². The highest BCUT2D eigenvalue weighted by atomic mass is 32.1. The van der Waals surface area contributed by atoms with Crippen LogP contribution in [0.3, 0.4) is 0 Å². The summed E-state index contributed by atoms with van der Waals surface area (Å²) in [4.78, 5) is 36.5. The van der Waals surface area contributed by atoms with Crippen molar-refractivity contribution >= 4 is 39.1 Å². The molecule has 2 aliphatic rings. The number of imide groups is 1. The molecule has 1 aromatic heterocycles. The standard InChI is InChI=1S/C24H26N4O2S/c1-3-26-10-12-27(13-11-26)20-15-22(29)28(24(20)30)18-7-5-17(6-8-18)23-25-19-9-4-16(2)14-21(19)31-23/h4-9,14,20H,3,10-13,15H2,1-2H3. The fourth-order valence-corrected chi connectivity index (χ4v) is 5.54. The van der Waals surface area contributed by atoms with E-state index in [9.17, 15) is 9.59 Å². The van der Waals surface area contributed by atoms with Crippen molar-refractivity contribution < 1.29 is 9.59 Å². The van der Waals surface area contributed by atoms with Crippen LogP contribution < -0.4 is 4.90 Å². The molecule has 0 radical (unpaired) electrons. The van der Waals surface area contributed by atoms with Crippen LogP contribution in [-0.2, 0) is 9.59 Å². The topological polar surface area (TPSA) is 56.8 Å². The first-order chi connectivity index (χ1) is 15.0. The second-order valence-electron chi connectivity index (χ2n) is 8.29. The molecule has 2 fully saturated rings. The van der Waals surface area contributed by atoms with Gasteiger partial charge in [-0.3, -0.25) is 14.5 Å². The fourth-order valence-electron chi connectivity index (χ4n) is 4.47. The van der Waals surface area contributed by atoms with E-state index in [0.29, 0.717) is 5.69 Å². The van der Waals surface area contributed by atoms with Crippen LogP contribution in [0.2, 0.25) is 0 Å². The van der Waals surface area contributed by atoms with Crippen LogP contribution in [-0.4, -0.2) is 65.4 Å². The Morgan fingerprint density at radius 2 is 1.77 bits per heavy atom. The van der Waals surface area contributed by atoms with Crippen molar-refractivity contribution in [1.29, 1.82) is 0 Å². The molecular formula is C24H26N4O2S. The van der Waals surface area contributed by atoms with E-state index in [4.69, 9.17) is 4.98 Å². The second kappa shape index (κ2) is 8.15. The van der Waals surface area contributed by atoms with Crippen molar-refractivity contribution in [2.45, 2.75) is 26.3 Å². The molecule has 0 N–H and O–H groups in total. The summed E-state index contributed by atoms with van der Waals surface area (Å²) in [6.07, 6.45) is 0.268. The number of nitrogens with zero attached hydrogens (tertiary/aromatic N) is 4. The predicted molar refractivity (Wildman–Crippen MR) is 124 cm³/mol. The van der Waals surface area contributed by atoms with Gasteiger partial charge in [0, 0.05) is 31.7 Å². The average Bonchev–Trinajstić information content (AvgIpc) is 3.34. The predicted octanol–water partition coefficient (Wildman–Crippen LogP) is 3.54. The molecule has 2 saturated heterocycles. The maximum absolute atomic E-state index is 13.1. The Bertz CT molecular complexity index is 1130. The van der Waals surface area contributed by atoms with Crippen molar-refractivity contribution in [3.05, 3.63) is 48.0 Å². The van der Waals surface area contributed by atoms with E-state index in [1.807, 2.05) is 30.3 Å². The van der Waals surface area contributed by atoms with E-state index in [1.165, 1.54) is 10.5 Å². The molecule has 0 aliphatic carbocycles. The zero-order valence-electron chi connectivity index (χ0n) is 17.9. The first kappa shape index (κ1) is 20.3. The second-order valence-corrected chi connectivity index (χ2v) is 9.33. The third-order valence-corrected chi connectivity index (χ3v) is 7.40. The third-order valence-electron chi connectivity index (χ3n) is 6.33. The number of aryl methyl sites for hydroxylation is 1. The van der Waals surface area contributed by atoms with E-state index in [-0.39, 0.29) is 24.3 Å². The van der Waals surface area contributed by atoms with Crippen molar-refractivity contribution in [3.8, 4) is 10.6 Å². The lowest BCUT2D eigenvalue weighted by molar-refractivity contribution is -0.123. The summed E-state index contributed by atoms with van der Waals surface area (Å²) < 4.78 is 1.16. The number of fused-ring (bicyclic) bond motifs is 1. The summed E-state index contributed by atoms with van der Waals surface area (Å²) in [5, 5.41) is 0.942. The van der Waals surface area contributed by atoms with Crippen LogP contribution in [0.5, 0.6) is 0 Å². The molecule has 6 nitrogen and oxygen atoms in total. The maximum Gasteiger partial charge on any atom is 0.251 e. The van der Waals surface area contributed by atoms with Gasteiger partial charge in [0.05, 0.1) is 28.4 Å². The Morgan fingerprint density at radius 1 is 1.03 bits per heavy atom. The minimum Gasteiger partial charge on any atom is -0.301 e. The Hall–Kier alpha value is -2.61. The first-order valence-electron chi connectivity index (χ1n) is 10.8. The molecule has 2 aliphatic heterocycles. The molecule has 31 heavy (non-hydrogen) atoms. The van der Waals surface area contributed by atoms with Gasteiger partial charge in [-0.05, 0) is 55.4 Å². The molecule has 2 aromatic carbocycles. The normalized spacial score (nSPS) is 20.8. The van der Waals surface area contributed by atoms with Gasteiger partial charge in [0.2, 0.25) is 5.91 Å². The van der Waals surface area contributed by atoms with E-state index in [2.05, 4.69) is 35.8 Å². The summed E-state index contributed by atoms with van der Waals surface area (Å²) in [6, 6.07) is 13.5. The van der Waals surface area contributed by atoms with Crippen LogP contribution in [0.4, 0.5) is 5.69 Å². The van der Waals surface area contributed by atoms with Crippen molar-refractivity contribution in [1.82, 2.24) is 14.8 Å². The largest absolute Gasteiger partial charge is 0.301 e. The van der Waals surface area contributed by atoms with E-state index in [1.54, 1.807) is 11.3 Å². The number of aromatic nitrogens is 1. The number of piperazine rings is 1. The van der Waals surface area contributed by atoms with Crippen molar-refractivity contribution in [3.63, 3.8) is 0 Å². The van der Waals surface area contributed by atoms with Gasteiger partial charge in [-0.1, -0.05) is 13.0 Å². The van der Waals surface area contributed by atoms with Crippen molar-refractivity contribution in [2.75, 3.05) is 37.6 Å². The van der Waals surface area contributed by atoms with E-state index in [0.717, 1.165) is 53.5 Å². The zero-order valence-corrected chi connectivity index (χ0v) is 18.7. The third kappa shape index (κ3) is 3.78. The van der Waals surface area contributed by atoms with Gasteiger partial charge in [-0.2, -0.15) is 0 Å². The lowest BCUT2D eigenvalue weighted by atomic mass is 10.1. The number of hydrogen-bond acceptors (Lipinski definition) is 6.